The minimum atomic E-state index is -4.59. The Morgan fingerprint density at radius 2 is 1.82 bits per heavy atom. The van der Waals surface area contributed by atoms with Gasteiger partial charge < -0.3 is 10.2 Å². The Kier molecular flexibility index (Phi) is 7.55. The molecule has 0 atom stereocenters. The maximum atomic E-state index is 14.5. The first-order chi connectivity index (χ1) is 19.1. The smallest absolute Gasteiger partial charge is 0.322 e. The van der Waals surface area contributed by atoms with Gasteiger partial charge in [0.15, 0.2) is 0 Å². The largest absolute Gasteiger partial charge is 0.537 e. The fourth-order valence-corrected chi connectivity index (χ4v) is 4.60. The summed E-state index contributed by atoms with van der Waals surface area (Å²) >= 11 is 0. The molecule has 0 saturated carbocycles. The summed E-state index contributed by atoms with van der Waals surface area (Å²) in [5, 5.41) is 4.01. The molecule has 2 heterocycles. The predicted octanol–water partition coefficient (Wildman–Crippen LogP) is 2.38. The lowest BCUT2D eigenvalue weighted by molar-refractivity contribution is -0.138. The first-order valence-electron chi connectivity index (χ1n) is 12.7. The summed E-state index contributed by atoms with van der Waals surface area (Å²) in [6, 6.07) is 15.9. The number of amides is 1. The van der Waals surface area contributed by atoms with Gasteiger partial charge in [-0.15, -0.1) is 0 Å². The molecule has 1 amide bonds. The van der Waals surface area contributed by atoms with E-state index in [-0.39, 0.29) is 28.9 Å². The maximum absolute atomic E-state index is 14.5. The number of hydrogen-bond acceptors (Lipinski definition) is 3. The van der Waals surface area contributed by atoms with Crippen molar-refractivity contribution in [3.8, 4) is 12.0 Å². The van der Waals surface area contributed by atoms with Crippen molar-refractivity contribution < 1.29 is 22.4 Å². The molecule has 1 fully saturated rings. The number of carbonyl (C=O) groups excluding carboxylic acids is 1. The molecule has 0 aliphatic carbocycles. The zero-order valence-electron chi connectivity index (χ0n) is 22.0. The first-order valence-corrected chi connectivity index (χ1v) is 12.7. The number of likely N-dealkylation sites (N-methyl/N-ethyl adjacent to an activating group) is 1. The molecule has 10 heteroatoms. The van der Waals surface area contributed by atoms with Crippen molar-refractivity contribution in [3.05, 3.63) is 98.9 Å². The van der Waals surface area contributed by atoms with Crippen LogP contribution >= 0.6 is 0 Å². The molecular weight excluding hydrogens is 522 g/mol. The minimum absolute atomic E-state index is 0.00316. The van der Waals surface area contributed by atoms with Crippen molar-refractivity contribution in [2.45, 2.75) is 19.6 Å². The third-order valence-electron chi connectivity index (χ3n) is 6.91. The van der Waals surface area contributed by atoms with E-state index in [1.165, 1.54) is 30.6 Å². The lowest BCUT2D eigenvalue weighted by Gasteiger charge is -2.33. The van der Waals surface area contributed by atoms with Gasteiger partial charge in [0.05, 0.1) is 11.1 Å². The van der Waals surface area contributed by atoms with Gasteiger partial charge in [0.25, 0.3) is 5.91 Å². The highest BCUT2D eigenvalue weighted by Gasteiger charge is 2.34. The molecule has 0 aromatic heterocycles. The maximum Gasteiger partial charge on any atom is 0.537 e. The van der Waals surface area contributed by atoms with Crippen molar-refractivity contribution in [2.24, 2.45) is 0 Å². The van der Waals surface area contributed by atoms with E-state index in [0.717, 1.165) is 41.5 Å². The standard InChI is InChI=1S/C30H26F4N5O/c1-20-3-8-28-27(15-20)35-19-39(28)10-9-21-16-22(5-7-26(21)31)29(40)36-24-6-4-23(25(17-24)30(32,33)34)18-38-13-11-37(2)12-14-38/h3-8,15-17,19H,11-14,18H2,1-2H3/q+1/p+1. The van der Waals surface area contributed by atoms with Crippen LogP contribution in [0.2, 0.25) is 0 Å². The molecule has 1 N–H and O–H groups in total. The number of benzene rings is 3. The highest BCUT2D eigenvalue weighted by Crippen LogP contribution is 2.34. The van der Waals surface area contributed by atoms with Crippen LogP contribution in [0, 0.1) is 24.7 Å². The SMILES string of the molecule is Cc1ccc2c(c1)=[N+]=C[N+]=2C#Cc1cc(C(=O)Nc2ccc(CN3CCN(C)CC3)c(C(F)(F)F)c2)ccc1F. The third-order valence-corrected chi connectivity index (χ3v) is 6.91. The first kappa shape index (κ1) is 27.3. The molecule has 2 aliphatic rings. The molecule has 2 aliphatic heterocycles. The Labute approximate surface area is 228 Å². The van der Waals surface area contributed by atoms with E-state index in [1.54, 1.807) is 4.58 Å². The highest BCUT2D eigenvalue weighted by molar-refractivity contribution is 6.04. The summed E-state index contributed by atoms with van der Waals surface area (Å²) in [6.07, 6.45) is -3.06. The van der Waals surface area contributed by atoms with Gasteiger partial charge in [0.2, 0.25) is 6.04 Å². The van der Waals surface area contributed by atoms with Gasteiger partial charge in [-0.2, -0.15) is 13.2 Å². The number of fused-ring (bicyclic) bond motifs is 1. The van der Waals surface area contributed by atoms with Gasteiger partial charge in [-0.05, 0) is 64.7 Å². The van der Waals surface area contributed by atoms with Crippen molar-refractivity contribution >= 4 is 17.9 Å². The molecule has 40 heavy (non-hydrogen) atoms. The Bertz CT molecular complexity index is 1710. The Hall–Kier alpha value is -4.29. The van der Waals surface area contributed by atoms with E-state index >= 15 is 0 Å². The molecule has 5 rings (SSSR count). The number of carbonyl (C=O) groups is 1. The zero-order valence-corrected chi connectivity index (χ0v) is 22.0. The molecule has 6 nitrogen and oxygen atoms in total. The topological polar surface area (TPSA) is 52.7 Å². The summed E-state index contributed by atoms with van der Waals surface area (Å²) in [4.78, 5) is 17.0. The number of anilines is 1. The van der Waals surface area contributed by atoms with Crippen LogP contribution in [0.4, 0.5) is 23.2 Å². The monoisotopic (exact) mass is 549 g/mol. The van der Waals surface area contributed by atoms with Crippen molar-refractivity contribution in [2.75, 3.05) is 38.5 Å². The fraction of sp³-hybridized carbons (Fsp3) is 0.267. The zero-order chi connectivity index (χ0) is 28.4. The molecule has 3 aromatic carbocycles. The second-order valence-corrected chi connectivity index (χ2v) is 9.94. The van der Waals surface area contributed by atoms with Crippen LogP contribution in [0.25, 0.3) is 0 Å². The van der Waals surface area contributed by atoms with Crippen LogP contribution in [0.1, 0.15) is 32.6 Å². The Balaban J connectivity index is 1.36. The van der Waals surface area contributed by atoms with Crippen LogP contribution in [0.15, 0.2) is 54.6 Å². The summed E-state index contributed by atoms with van der Waals surface area (Å²) in [7, 11) is 1.98. The summed E-state index contributed by atoms with van der Waals surface area (Å²) in [5.74, 6) is 1.42. The summed E-state index contributed by atoms with van der Waals surface area (Å²) < 4.78 is 62.1. The van der Waals surface area contributed by atoms with E-state index in [9.17, 15) is 22.4 Å². The molecule has 1 saturated heterocycles. The number of rotatable bonds is 4. The van der Waals surface area contributed by atoms with Gasteiger partial charge in [-0.3, -0.25) is 9.69 Å². The number of nitrogens with one attached hydrogen (secondary N) is 1. The molecule has 0 radical (unpaired) electrons. The quantitative estimate of drug-likeness (QED) is 0.236. The normalized spacial score (nSPS) is 15.3. The number of halogens is 4. The number of nitrogens with zero attached hydrogens (tertiary/aromatic N) is 4. The van der Waals surface area contributed by atoms with Crippen molar-refractivity contribution in [1.82, 2.24) is 19.0 Å². The van der Waals surface area contributed by atoms with Gasteiger partial charge >= 0.3 is 23.2 Å². The molecular formula is C30H27F4N5O+2. The van der Waals surface area contributed by atoms with Crippen molar-refractivity contribution in [1.29, 1.82) is 0 Å². The highest BCUT2D eigenvalue weighted by atomic mass is 19.4. The molecule has 204 valence electrons. The predicted molar refractivity (Wildman–Crippen MR) is 144 cm³/mol. The number of hydrogen-bond donors (Lipinski definition) is 1. The van der Waals surface area contributed by atoms with Crippen LogP contribution in [-0.2, 0) is 12.7 Å². The van der Waals surface area contributed by atoms with Crippen LogP contribution in [-0.4, -0.2) is 55.3 Å². The molecule has 0 spiro atoms. The van der Waals surface area contributed by atoms with E-state index in [1.807, 2.05) is 37.1 Å². The summed E-state index contributed by atoms with van der Waals surface area (Å²) in [6.45, 7) is 5.06. The van der Waals surface area contributed by atoms with Gasteiger partial charge in [-0.1, -0.05) is 12.1 Å². The molecule has 0 unspecified atom stereocenters. The lowest BCUT2D eigenvalue weighted by Crippen LogP contribution is -2.44. The van der Waals surface area contributed by atoms with E-state index in [4.69, 9.17) is 0 Å². The van der Waals surface area contributed by atoms with Crippen LogP contribution in [0.3, 0.4) is 0 Å². The molecule has 0 bridgehead atoms. The van der Waals surface area contributed by atoms with Crippen LogP contribution in [0.5, 0.6) is 0 Å². The Morgan fingerprint density at radius 1 is 1.05 bits per heavy atom. The minimum Gasteiger partial charge on any atom is -0.322 e. The summed E-state index contributed by atoms with van der Waals surface area (Å²) in [5.41, 5.74) is 0.431. The average Bonchev–Trinajstić information content (AvgIpc) is 3.31. The van der Waals surface area contributed by atoms with Gasteiger partial charge in [-0.25, -0.2) is 4.39 Å². The number of aryl methyl sites for hydroxylation is 1. The Morgan fingerprint density at radius 3 is 2.58 bits per heavy atom. The fourth-order valence-electron chi connectivity index (χ4n) is 4.60. The van der Waals surface area contributed by atoms with E-state index < -0.39 is 23.5 Å². The van der Waals surface area contributed by atoms with Crippen LogP contribution < -0.4 is 25.3 Å². The van der Waals surface area contributed by atoms with E-state index in [2.05, 4.69) is 26.8 Å². The van der Waals surface area contributed by atoms with Gasteiger partial charge in [0, 0.05) is 62.0 Å². The average molecular weight is 550 g/mol. The second-order valence-electron chi connectivity index (χ2n) is 9.94. The number of piperazine rings is 1. The third kappa shape index (κ3) is 6.13. The van der Waals surface area contributed by atoms with E-state index in [0.29, 0.717) is 13.1 Å². The molecule has 3 aromatic rings. The number of alkyl halides is 3. The lowest BCUT2D eigenvalue weighted by atomic mass is 10.0. The van der Waals surface area contributed by atoms with Gasteiger partial charge in [0.1, 0.15) is 5.82 Å². The van der Waals surface area contributed by atoms with Crippen molar-refractivity contribution in [3.63, 3.8) is 0 Å². The second kappa shape index (κ2) is 11.1.